The average Bonchev–Trinajstić information content (AvgIpc) is 2.95. The number of para-hydroxylation sites is 1. The zero-order chi connectivity index (χ0) is 15.7. The first-order valence-corrected chi connectivity index (χ1v) is 7.92. The molecule has 1 atom stereocenters. The molecule has 2 aliphatic rings. The van der Waals surface area contributed by atoms with E-state index in [1.807, 2.05) is 24.3 Å². The van der Waals surface area contributed by atoms with Gasteiger partial charge in [-0.05, 0) is 43.7 Å². The minimum absolute atomic E-state index is 0.00616. The number of carbonyl (C=O) groups excluding carboxylic acids is 2. The molecule has 0 unspecified atom stereocenters. The van der Waals surface area contributed by atoms with E-state index in [0.29, 0.717) is 25.8 Å². The van der Waals surface area contributed by atoms with Gasteiger partial charge in [-0.2, -0.15) is 0 Å². The number of benzene rings is 1. The summed E-state index contributed by atoms with van der Waals surface area (Å²) in [7, 11) is 0. The molecule has 1 fully saturated rings. The molecule has 0 aromatic heterocycles. The van der Waals surface area contributed by atoms with Crippen LogP contribution in [0.25, 0.3) is 0 Å². The number of anilines is 1. The van der Waals surface area contributed by atoms with Crippen LogP contribution in [0.4, 0.5) is 5.69 Å². The van der Waals surface area contributed by atoms with Gasteiger partial charge < -0.3 is 15.3 Å². The SMILES string of the molecule is CC(=O)N1CC[C@H](NC(=O)C2(O)CCCC2)c2ccccc21. The minimum atomic E-state index is -1.22. The summed E-state index contributed by atoms with van der Waals surface area (Å²) in [6, 6.07) is 7.49. The maximum Gasteiger partial charge on any atom is 0.252 e. The standard InChI is InChI=1S/C17H22N2O3/c1-12(20)19-11-8-14(13-6-2-3-7-15(13)19)18-16(21)17(22)9-4-5-10-17/h2-3,6-7,14,22H,4-5,8-11H2,1H3,(H,18,21)/t14-/m0/s1. The Bertz CT molecular complexity index is 593. The van der Waals surface area contributed by atoms with Gasteiger partial charge in [0.1, 0.15) is 5.60 Å². The van der Waals surface area contributed by atoms with Crippen LogP contribution in [0.2, 0.25) is 0 Å². The topological polar surface area (TPSA) is 69.6 Å². The Morgan fingerprint density at radius 3 is 2.64 bits per heavy atom. The Kier molecular flexibility index (Phi) is 3.91. The van der Waals surface area contributed by atoms with Crippen LogP contribution in [-0.2, 0) is 9.59 Å². The third-order valence-electron chi connectivity index (χ3n) is 4.78. The number of nitrogens with one attached hydrogen (secondary N) is 1. The molecule has 1 saturated carbocycles. The number of amides is 2. The molecular weight excluding hydrogens is 280 g/mol. The molecule has 1 aromatic carbocycles. The summed E-state index contributed by atoms with van der Waals surface area (Å²) in [4.78, 5) is 25.9. The van der Waals surface area contributed by atoms with E-state index in [4.69, 9.17) is 0 Å². The second-order valence-electron chi connectivity index (χ2n) is 6.28. The van der Waals surface area contributed by atoms with Crippen molar-refractivity contribution in [1.82, 2.24) is 5.32 Å². The van der Waals surface area contributed by atoms with E-state index in [1.165, 1.54) is 0 Å². The molecule has 1 heterocycles. The summed E-state index contributed by atoms with van der Waals surface area (Å²) in [5.41, 5.74) is 0.580. The van der Waals surface area contributed by atoms with E-state index in [1.54, 1.807) is 11.8 Å². The van der Waals surface area contributed by atoms with Crippen molar-refractivity contribution in [3.8, 4) is 0 Å². The van der Waals surface area contributed by atoms with Crippen molar-refractivity contribution in [3.05, 3.63) is 29.8 Å². The Morgan fingerprint density at radius 1 is 1.27 bits per heavy atom. The number of fused-ring (bicyclic) bond motifs is 1. The Balaban J connectivity index is 1.82. The molecule has 1 aliphatic carbocycles. The quantitative estimate of drug-likeness (QED) is 0.876. The first-order valence-electron chi connectivity index (χ1n) is 7.92. The van der Waals surface area contributed by atoms with E-state index in [2.05, 4.69) is 5.32 Å². The summed E-state index contributed by atoms with van der Waals surface area (Å²) in [5, 5.41) is 13.4. The summed E-state index contributed by atoms with van der Waals surface area (Å²) in [5.74, 6) is -0.271. The molecule has 5 heteroatoms. The number of hydrogen-bond donors (Lipinski definition) is 2. The van der Waals surface area contributed by atoms with Crippen LogP contribution >= 0.6 is 0 Å². The number of rotatable bonds is 2. The molecule has 2 amide bonds. The fourth-order valence-electron chi connectivity index (χ4n) is 3.52. The average molecular weight is 302 g/mol. The molecular formula is C17H22N2O3. The lowest BCUT2D eigenvalue weighted by Gasteiger charge is -2.35. The third kappa shape index (κ3) is 2.61. The Hall–Kier alpha value is -1.88. The van der Waals surface area contributed by atoms with Gasteiger partial charge in [-0.3, -0.25) is 9.59 Å². The first kappa shape index (κ1) is 15.0. The van der Waals surface area contributed by atoms with Gasteiger partial charge in [-0.1, -0.05) is 18.2 Å². The van der Waals surface area contributed by atoms with Gasteiger partial charge in [0.25, 0.3) is 5.91 Å². The summed E-state index contributed by atoms with van der Waals surface area (Å²) in [6.45, 7) is 2.13. The van der Waals surface area contributed by atoms with Gasteiger partial charge >= 0.3 is 0 Å². The highest BCUT2D eigenvalue weighted by molar-refractivity contribution is 5.93. The normalized spacial score (nSPS) is 23.0. The number of hydrogen-bond acceptors (Lipinski definition) is 3. The van der Waals surface area contributed by atoms with Crippen LogP contribution in [0.5, 0.6) is 0 Å². The lowest BCUT2D eigenvalue weighted by Crippen LogP contribution is -2.48. The molecule has 118 valence electrons. The molecule has 5 nitrogen and oxygen atoms in total. The van der Waals surface area contributed by atoms with Gasteiger partial charge in [0, 0.05) is 19.2 Å². The number of carbonyl (C=O) groups is 2. The zero-order valence-corrected chi connectivity index (χ0v) is 12.8. The minimum Gasteiger partial charge on any atom is -0.380 e. The lowest BCUT2D eigenvalue weighted by molar-refractivity contribution is -0.140. The molecule has 2 N–H and O–H groups in total. The van der Waals surface area contributed by atoms with Crippen molar-refractivity contribution in [2.24, 2.45) is 0 Å². The van der Waals surface area contributed by atoms with Gasteiger partial charge in [0.05, 0.1) is 6.04 Å². The maximum atomic E-state index is 12.4. The highest BCUT2D eigenvalue weighted by atomic mass is 16.3. The molecule has 0 bridgehead atoms. The highest BCUT2D eigenvalue weighted by Crippen LogP contribution is 2.35. The summed E-state index contributed by atoms with van der Waals surface area (Å²) in [6.07, 6.45) is 3.52. The Labute approximate surface area is 130 Å². The second-order valence-corrected chi connectivity index (χ2v) is 6.28. The van der Waals surface area contributed by atoms with Crippen LogP contribution in [0.1, 0.15) is 50.6 Å². The first-order chi connectivity index (χ1) is 10.5. The maximum absolute atomic E-state index is 12.4. The number of nitrogens with zero attached hydrogens (tertiary/aromatic N) is 1. The molecule has 1 aliphatic heterocycles. The van der Waals surface area contributed by atoms with Crippen molar-refractivity contribution in [2.75, 3.05) is 11.4 Å². The predicted octanol–water partition coefficient (Wildman–Crippen LogP) is 1.91. The van der Waals surface area contributed by atoms with Crippen LogP contribution in [0.3, 0.4) is 0 Å². The van der Waals surface area contributed by atoms with E-state index in [0.717, 1.165) is 24.1 Å². The van der Waals surface area contributed by atoms with Crippen molar-refractivity contribution < 1.29 is 14.7 Å². The van der Waals surface area contributed by atoms with Crippen molar-refractivity contribution >= 4 is 17.5 Å². The summed E-state index contributed by atoms with van der Waals surface area (Å²) < 4.78 is 0. The zero-order valence-electron chi connectivity index (χ0n) is 12.8. The van der Waals surface area contributed by atoms with Crippen LogP contribution in [0, 0.1) is 0 Å². The molecule has 0 spiro atoms. The van der Waals surface area contributed by atoms with E-state index in [-0.39, 0.29) is 17.9 Å². The smallest absolute Gasteiger partial charge is 0.252 e. The fraction of sp³-hybridized carbons (Fsp3) is 0.529. The van der Waals surface area contributed by atoms with Gasteiger partial charge in [-0.25, -0.2) is 0 Å². The lowest BCUT2D eigenvalue weighted by atomic mass is 9.94. The van der Waals surface area contributed by atoms with Gasteiger partial charge in [0.15, 0.2) is 0 Å². The van der Waals surface area contributed by atoms with E-state index in [9.17, 15) is 14.7 Å². The molecule has 3 rings (SSSR count). The summed E-state index contributed by atoms with van der Waals surface area (Å²) >= 11 is 0. The molecule has 0 radical (unpaired) electrons. The third-order valence-corrected chi connectivity index (χ3v) is 4.78. The monoisotopic (exact) mass is 302 g/mol. The van der Waals surface area contributed by atoms with Gasteiger partial charge in [0.2, 0.25) is 5.91 Å². The molecule has 1 aromatic rings. The van der Waals surface area contributed by atoms with Crippen molar-refractivity contribution in [3.63, 3.8) is 0 Å². The van der Waals surface area contributed by atoms with Gasteiger partial charge in [-0.15, -0.1) is 0 Å². The van der Waals surface area contributed by atoms with Crippen LogP contribution in [-0.4, -0.2) is 29.1 Å². The molecule has 0 saturated heterocycles. The predicted molar refractivity (Wildman–Crippen MR) is 83.4 cm³/mol. The van der Waals surface area contributed by atoms with Crippen LogP contribution in [0.15, 0.2) is 24.3 Å². The second kappa shape index (κ2) is 5.72. The van der Waals surface area contributed by atoms with E-state index >= 15 is 0 Å². The highest BCUT2D eigenvalue weighted by Gasteiger charge is 2.40. The Morgan fingerprint density at radius 2 is 1.95 bits per heavy atom. The fourth-order valence-corrected chi connectivity index (χ4v) is 3.52. The van der Waals surface area contributed by atoms with Crippen molar-refractivity contribution in [2.45, 2.75) is 50.7 Å². The van der Waals surface area contributed by atoms with Crippen LogP contribution < -0.4 is 10.2 Å². The van der Waals surface area contributed by atoms with Crippen molar-refractivity contribution in [1.29, 1.82) is 0 Å². The van der Waals surface area contributed by atoms with E-state index < -0.39 is 5.60 Å². The molecule has 22 heavy (non-hydrogen) atoms. The number of aliphatic hydroxyl groups is 1. The largest absolute Gasteiger partial charge is 0.380 e.